The number of rotatable bonds is 4. The zero-order chi connectivity index (χ0) is 16.2. The lowest BCUT2D eigenvalue weighted by Gasteiger charge is -2.09. The molecule has 2 aromatic carbocycles. The van der Waals surface area contributed by atoms with E-state index in [1.165, 1.54) is 0 Å². The van der Waals surface area contributed by atoms with Crippen molar-refractivity contribution in [1.82, 2.24) is 10.2 Å². The van der Waals surface area contributed by atoms with Crippen molar-refractivity contribution in [2.75, 3.05) is 7.11 Å². The number of aromatic amines is 1. The summed E-state index contributed by atoms with van der Waals surface area (Å²) in [6.07, 6.45) is 4.77. The van der Waals surface area contributed by atoms with Gasteiger partial charge in [0.2, 0.25) is 0 Å². The highest BCUT2D eigenvalue weighted by molar-refractivity contribution is 5.87. The van der Waals surface area contributed by atoms with Crippen LogP contribution in [0.4, 0.5) is 0 Å². The summed E-state index contributed by atoms with van der Waals surface area (Å²) in [4.78, 5) is 0. The second-order valence-corrected chi connectivity index (χ2v) is 5.26. The van der Waals surface area contributed by atoms with E-state index in [9.17, 15) is 5.26 Å². The van der Waals surface area contributed by atoms with E-state index in [0.29, 0.717) is 11.3 Å². The molecule has 0 fully saturated rings. The van der Waals surface area contributed by atoms with Crippen LogP contribution in [0.15, 0.2) is 42.6 Å². The zero-order valence-corrected chi connectivity index (χ0v) is 13.1. The van der Waals surface area contributed by atoms with E-state index < -0.39 is 0 Å². The number of benzene rings is 2. The van der Waals surface area contributed by atoms with Gasteiger partial charge in [0.05, 0.1) is 30.5 Å². The molecule has 0 aliphatic carbocycles. The van der Waals surface area contributed by atoms with Crippen molar-refractivity contribution in [3.63, 3.8) is 0 Å². The molecule has 0 saturated carbocycles. The standard InChI is InChI=1S/C19H17N3O/c1-3-14(18-6-5-17(23-2)10-15(18)11-20)8-13-4-7-19-16(9-13)12-21-22-19/h4-10,12H,3H2,1-2H3,(H,21,22)/b14-8+. The van der Waals surface area contributed by atoms with Gasteiger partial charge in [-0.2, -0.15) is 10.4 Å². The smallest absolute Gasteiger partial charge is 0.120 e. The summed E-state index contributed by atoms with van der Waals surface area (Å²) >= 11 is 0. The second kappa shape index (κ2) is 6.37. The van der Waals surface area contributed by atoms with Crippen LogP contribution in [0.3, 0.4) is 0 Å². The van der Waals surface area contributed by atoms with Crippen LogP contribution in [0.5, 0.6) is 5.75 Å². The Morgan fingerprint density at radius 2 is 2.17 bits per heavy atom. The molecule has 0 bridgehead atoms. The van der Waals surface area contributed by atoms with E-state index in [0.717, 1.165) is 34.0 Å². The van der Waals surface area contributed by atoms with Gasteiger partial charge in [-0.25, -0.2) is 0 Å². The fourth-order valence-corrected chi connectivity index (χ4v) is 2.65. The minimum atomic E-state index is 0.627. The van der Waals surface area contributed by atoms with E-state index in [4.69, 9.17) is 4.74 Å². The third-order valence-electron chi connectivity index (χ3n) is 3.88. The summed E-state index contributed by atoms with van der Waals surface area (Å²) in [5.41, 5.74) is 4.80. The molecular weight excluding hydrogens is 286 g/mol. The van der Waals surface area contributed by atoms with Crippen LogP contribution >= 0.6 is 0 Å². The number of hydrogen-bond donors (Lipinski definition) is 1. The first-order valence-electron chi connectivity index (χ1n) is 7.47. The van der Waals surface area contributed by atoms with E-state index in [2.05, 4.69) is 35.3 Å². The topological polar surface area (TPSA) is 61.7 Å². The minimum absolute atomic E-state index is 0.627. The first-order chi connectivity index (χ1) is 11.2. The number of nitrogens with one attached hydrogen (secondary N) is 1. The molecule has 0 atom stereocenters. The third kappa shape index (κ3) is 2.95. The normalized spacial score (nSPS) is 11.4. The van der Waals surface area contributed by atoms with Gasteiger partial charge in [-0.1, -0.05) is 19.1 Å². The maximum Gasteiger partial charge on any atom is 0.120 e. The number of aromatic nitrogens is 2. The first kappa shape index (κ1) is 14.9. The fourth-order valence-electron chi connectivity index (χ4n) is 2.65. The van der Waals surface area contributed by atoms with Gasteiger partial charge < -0.3 is 4.74 Å². The Morgan fingerprint density at radius 1 is 1.30 bits per heavy atom. The molecule has 114 valence electrons. The molecule has 1 N–H and O–H groups in total. The number of H-pyrrole nitrogens is 1. The monoisotopic (exact) mass is 303 g/mol. The predicted octanol–water partition coefficient (Wildman–Crippen LogP) is 4.39. The Labute approximate surface area is 135 Å². The van der Waals surface area contributed by atoms with Crippen LogP contribution in [-0.4, -0.2) is 17.3 Å². The lowest BCUT2D eigenvalue weighted by Crippen LogP contribution is -1.92. The number of nitrogens with zero attached hydrogens (tertiary/aromatic N) is 2. The molecule has 0 aliphatic heterocycles. The average molecular weight is 303 g/mol. The van der Waals surface area contributed by atoms with Gasteiger partial charge >= 0.3 is 0 Å². The van der Waals surface area contributed by atoms with Crippen LogP contribution in [0.1, 0.15) is 30.0 Å². The van der Waals surface area contributed by atoms with Crippen LogP contribution < -0.4 is 4.74 Å². The van der Waals surface area contributed by atoms with Crippen molar-refractivity contribution in [2.45, 2.75) is 13.3 Å². The number of hydrogen-bond acceptors (Lipinski definition) is 3. The quantitative estimate of drug-likeness (QED) is 0.727. The molecular formula is C19H17N3O. The summed E-state index contributed by atoms with van der Waals surface area (Å²) in [7, 11) is 1.60. The largest absolute Gasteiger partial charge is 0.497 e. The average Bonchev–Trinajstić information content (AvgIpc) is 3.06. The van der Waals surface area contributed by atoms with Crippen LogP contribution in [-0.2, 0) is 0 Å². The molecule has 0 aliphatic rings. The lowest BCUT2D eigenvalue weighted by atomic mass is 9.96. The maximum absolute atomic E-state index is 9.42. The van der Waals surface area contributed by atoms with Crippen LogP contribution in [0, 0.1) is 11.3 Å². The van der Waals surface area contributed by atoms with Crippen molar-refractivity contribution in [2.24, 2.45) is 0 Å². The molecule has 1 heterocycles. The number of ether oxygens (including phenoxy) is 1. The number of nitriles is 1. The van der Waals surface area contributed by atoms with Crippen molar-refractivity contribution in [3.8, 4) is 11.8 Å². The van der Waals surface area contributed by atoms with Gasteiger partial charge in [-0.3, -0.25) is 5.10 Å². The molecule has 0 radical (unpaired) electrons. The van der Waals surface area contributed by atoms with E-state index in [-0.39, 0.29) is 0 Å². The molecule has 1 aromatic heterocycles. The summed E-state index contributed by atoms with van der Waals surface area (Å²) in [6, 6.07) is 14.0. The van der Waals surface area contributed by atoms with Gasteiger partial charge in [0.15, 0.2) is 0 Å². The van der Waals surface area contributed by atoms with Gasteiger partial charge in [-0.15, -0.1) is 0 Å². The Morgan fingerprint density at radius 3 is 2.91 bits per heavy atom. The number of fused-ring (bicyclic) bond motifs is 1. The summed E-state index contributed by atoms with van der Waals surface area (Å²) in [5, 5.41) is 17.5. The summed E-state index contributed by atoms with van der Waals surface area (Å²) < 4.78 is 5.20. The Kier molecular flexibility index (Phi) is 4.11. The van der Waals surface area contributed by atoms with Gasteiger partial charge in [0.1, 0.15) is 5.75 Å². The number of allylic oxidation sites excluding steroid dienone is 1. The molecule has 4 heteroatoms. The predicted molar refractivity (Wildman–Crippen MR) is 92.0 cm³/mol. The lowest BCUT2D eigenvalue weighted by molar-refractivity contribution is 0.414. The van der Waals surface area contributed by atoms with Crippen molar-refractivity contribution in [1.29, 1.82) is 5.26 Å². The molecule has 0 saturated heterocycles. The van der Waals surface area contributed by atoms with E-state index >= 15 is 0 Å². The summed E-state index contributed by atoms with van der Waals surface area (Å²) in [5.74, 6) is 0.695. The molecule has 3 aromatic rings. The van der Waals surface area contributed by atoms with Gasteiger partial charge in [0, 0.05) is 5.39 Å². The molecule has 0 spiro atoms. The minimum Gasteiger partial charge on any atom is -0.497 e. The molecule has 3 rings (SSSR count). The highest BCUT2D eigenvalue weighted by Gasteiger charge is 2.08. The molecule has 4 nitrogen and oxygen atoms in total. The first-order valence-corrected chi connectivity index (χ1v) is 7.47. The Bertz CT molecular complexity index is 916. The SMILES string of the molecule is CC/C(=C\c1ccc2[nH]ncc2c1)c1ccc(OC)cc1C#N. The van der Waals surface area contributed by atoms with Crippen LogP contribution in [0.25, 0.3) is 22.6 Å². The van der Waals surface area contributed by atoms with Gasteiger partial charge in [0.25, 0.3) is 0 Å². The third-order valence-corrected chi connectivity index (χ3v) is 3.88. The molecule has 0 amide bonds. The highest BCUT2D eigenvalue weighted by Crippen LogP contribution is 2.28. The van der Waals surface area contributed by atoms with Crippen LogP contribution in [0.2, 0.25) is 0 Å². The Balaban J connectivity index is 2.06. The Hall–Kier alpha value is -3.06. The zero-order valence-electron chi connectivity index (χ0n) is 13.1. The highest BCUT2D eigenvalue weighted by atomic mass is 16.5. The van der Waals surface area contributed by atoms with E-state index in [1.807, 2.05) is 30.5 Å². The fraction of sp³-hybridized carbons (Fsp3) is 0.158. The molecule has 23 heavy (non-hydrogen) atoms. The van der Waals surface area contributed by atoms with Crippen molar-refractivity contribution >= 4 is 22.6 Å². The van der Waals surface area contributed by atoms with Crippen molar-refractivity contribution in [3.05, 3.63) is 59.3 Å². The second-order valence-electron chi connectivity index (χ2n) is 5.26. The maximum atomic E-state index is 9.42. The summed E-state index contributed by atoms with van der Waals surface area (Å²) in [6.45, 7) is 2.09. The van der Waals surface area contributed by atoms with E-state index in [1.54, 1.807) is 13.2 Å². The number of methoxy groups -OCH3 is 1. The molecule has 0 unspecified atom stereocenters. The van der Waals surface area contributed by atoms with Gasteiger partial charge in [-0.05, 0) is 53.5 Å². The van der Waals surface area contributed by atoms with Crippen molar-refractivity contribution < 1.29 is 4.74 Å².